The van der Waals surface area contributed by atoms with E-state index in [4.69, 9.17) is 14.2 Å². The molecule has 1 N–H and O–H groups in total. The molecule has 6 heteroatoms. The van der Waals surface area contributed by atoms with Crippen molar-refractivity contribution in [1.82, 2.24) is 0 Å². The third-order valence-corrected chi connectivity index (χ3v) is 3.63. The highest BCUT2D eigenvalue weighted by molar-refractivity contribution is 5.93. The summed E-state index contributed by atoms with van der Waals surface area (Å²) < 4.78 is 15.9. The Hall–Kier alpha value is -3.02. The molecule has 0 unspecified atom stereocenters. The summed E-state index contributed by atoms with van der Waals surface area (Å²) in [6.45, 7) is 5.09. The molecule has 0 atom stereocenters. The second kappa shape index (κ2) is 10.9. The maximum atomic E-state index is 12.0. The standard InChI is InChI=1S/C21H25NO5/c1-3-25-18-11-13-19(14-12-18)27-15-5-6-20(23)22-17-9-7-16(8-10-17)21(24)26-4-2/h7-14H,3-6,15H2,1-2H3,(H,22,23). The fraction of sp³-hybridized carbons (Fsp3) is 0.333. The molecule has 0 spiro atoms. The quantitative estimate of drug-likeness (QED) is 0.504. The number of nitrogens with one attached hydrogen (secondary N) is 1. The molecule has 2 aromatic rings. The molecule has 0 radical (unpaired) electrons. The van der Waals surface area contributed by atoms with Gasteiger partial charge in [0.25, 0.3) is 0 Å². The highest BCUT2D eigenvalue weighted by atomic mass is 16.5. The molecule has 0 aliphatic heterocycles. The van der Waals surface area contributed by atoms with E-state index >= 15 is 0 Å². The van der Waals surface area contributed by atoms with Gasteiger partial charge in [0.05, 0.1) is 25.4 Å². The van der Waals surface area contributed by atoms with Crippen LogP contribution in [0.15, 0.2) is 48.5 Å². The van der Waals surface area contributed by atoms with Crippen LogP contribution in [0.2, 0.25) is 0 Å². The van der Waals surface area contributed by atoms with Crippen LogP contribution in [0.5, 0.6) is 11.5 Å². The number of anilines is 1. The van der Waals surface area contributed by atoms with Gasteiger partial charge in [-0.25, -0.2) is 4.79 Å². The van der Waals surface area contributed by atoms with Crippen molar-refractivity contribution < 1.29 is 23.8 Å². The van der Waals surface area contributed by atoms with E-state index in [0.29, 0.717) is 43.9 Å². The number of benzene rings is 2. The van der Waals surface area contributed by atoms with Crippen LogP contribution in [0.1, 0.15) is 37.0 Å². The molecule has 0 aliphatic carbocycles. The van der Waals surface area contributed by atoms with Gasteiger partial charge in [-0.15, -0.1) is 0 Å². The Labute approximate surface area is 159 Å². The summed E-state index contributed by atoms with van der Waals surface area (Å²) in [5.41, 5.74) is 1.10. The zero-order valence-corrected chi connectivity index (χ0v) is 15.7. The van der Waals surface area contributed by atoms with Gasteiger partial charge in [-0.1, -0.05) is 0 Å². The van der Waals surface area contributed by atoms with E-state index in [0.717, 1.165) is 11.5 Å². The van der Waals surface area contributed by atoms with Crippen LogP contribution >= 0.6 is 0 Å². The summed E-state index contributed by atoms with van der Waals surface area (Å²) in [5, 5.41) is 2.80. The normalized spacial score (nSPS) is 10.1. The van der Waals surface area contributed by atoms with E-state index in [-0.39, 0.29) is 11.9 Å². The van der Waals surface area contributed by atoms with Crippen molar-refractivity contribution in [3.05, 3.63) is 54.1 Å². The minimum atomic E-state index is -0.373. The van der Waals surface area contributed by atoms with Crippen LogP contribution in [-0.4, -0.2) is 31.7 Å². The molecule has 27 heavy (non-hydrogen) atoms. The van der Waals surface area contributed by atoms with Gasteiger partial charge in [0.2, 0.25) is 5.91 Å². The third kappa shape index (κ3) is 7.01. The van der Waals surface area contributed by atoms with Crippen molar-refractivity contribution in [2.45, 2.75) is 26.7 Å². The van der Waals surface area contributed by atoms with Crippen LogP contribution in [-0.2, 0) is 9.53 Å². The highest BCUT2D eigenvalue weighted by Crippen LogP contribution is 2.18. The average Bonchev–Trinajstić information content (AvgIpc) is 2.67. The molecule has 0 aromatic heterocycles. The molecule has 6 nitrogen and oxygen atoms in total. The van der Waals surface area contributed by atoms with Gasteiger partial charge in [0.1, 0.15) is 11.5 Å². The SMILES string of the molecule is CCOC(=O)c1ccc(NC(=O)CCCOc2ccc(OCC)cc2)cc1. The van der Waals surface area contributed by atoms with Gasteiger partial charge in [-0.2, -0.15) is 0 Å². The van der Waals surface area contributed by atoms with Crippen molar-refractivity contribution in [3.63, 3.8) is 0 Å². The smallest absolute Gasteiger partial charge is 0.338 e. The van der Waals surface area contributed by atoms with Gasteiger partial charge in [-0.3, -0.25) is 4.79 Å². The molecule has 1 amide bonds. The first-order chi connectivity index (χ1) is 13.1. The number of rotatable bonds is 10. The molecule has 0 fully saturated rings. The maximum absolute atomic E-state index is 12.0. The van der Waals surface area contributed by atoms with E-state index in [1.165, 1.54) is 0 Å². The number of ether oxygens (including phenoxy) is 3. The Morgan fingerprint density at radius 1 is 0.852 bits per heavy atom. The second-order valence-corrected chi connectivity index (χ2v) is 5.70. The molecule has 0 heterocycles. The largest absolute Gasteiger partial charge is 0.494 e. The lowest BCUT2D eigenvalue weighted by atomic mass is 10.2. The summed E-state index contributed by atoms with van der Waals surface area (Å²) in [6, 6.07) is 14.0. The Balaban J connectivity index is 1.69. The molecule has 0 saturated heterocycles. The minimum Gasteiger partial charge on any atom is -0.494 e. The predicted molar refractivity (Wildman–Crippen MR) is 103 cm³/mol. The van der Waals surface area contributed by atoms with E-state index in [1.807, 2.05) is 31.2 Å². The Kier molecular flexibility index (Phi) is 8.16. The Bertz CT molecular complexity index is 725. The molecule has 0 bridgehead atoms. The Morgan fingerprint density at radius 3 is 2.07 bits per heavy atom. The summed E-state index contributed by atoms with van der Waals surface area (Å²) >= 11 is 0. The number of hydrogen-bond acceptors (Lipinski definition) is 5. The minimum absolute atomic E-state index is 0.103. The van der Waals surface area contributed by atoms with Gasteiger partial charge >= 0.3 is 5.97 Å². The second-order valence-electron chi connectivity index (χ2n) is 5.70. The lowest BCUT2D eigenvalue weighted by molar-refractivity contribution is -0.116. The lowest BCUT2D eigenvalue weighted by Gasteiger charge is -2.08. The summed E-state index contributed by atoms with van der Waals surface area (Å²) in [4.78, 5) is 23.6. The van der Waals surface area contributed by atoms with Crippen LogP contribution in [0.3, 0.4) is 0 Å². The molecular formula is C21H25NO5. The summed E-state index contributed by atoms with van der Waals surface area (Å²) in [5.74, 6) is 1.07. The number of carbonyl (C=O) groups is 2. The van der Waals surface area contributed by atoms with Gasteiger partial charge in [0, 0.05) is 12.1 Å². The van der Waals surface area contributed by atoms with Crippen LogP contribution in [0.25, 0.3) is 0 Å². The molecule has 2 aromatic carbocycles. The zero-order valence-electron chi connectivity index (χ0n) is 15.7. The first-order valence-electron chi connectivity index (χ1n) is 9.05. The molecule has 144 valence electrons. The van der Waals surface area contributed by atoms with Gasteiger partial charge < -0.3 is 19.5 Å². The molecule has 0 saturated carbocycles. The topological polar surface area (TPSA) is 73.9 Å². The zero-order chi connectivity index (χ0) is 19.5. The van der Waals surface area contributed by atoms with Crippen LogP contribution < -0.4 is 14.8 Å². The fourth-order valence-corrected chi connectivity index (χ4v) is 2.35. The lowest BCUT2D eigenvalue weighted by Crippen LogP contribution is -2.13. The van der Waals surface area contributed by atoms with Crippen LogP contribution in [0, 0.1) is 0 Å². The van der Waals surface area contributed by atoms with E-state index in [2.05, 4.69) is 5.32 Å². The van der Waals surface area contributed by atoms with Crippen molar-refractivity contribution in [2.75, 3.05) is 25.1 Å². The summed E-state index contributed by atoms with van der Waals surface area (Å²) in [6.07, 6.45) is 0.941. The average molecular weight is 371 g/mol. The number of carbonyl (C=O) groups excluding carboxylic acids is 2. The number of esters is 1. The molecule has 2 rings (SSSR count). The van der Waals surface area contributed by atoms with Gasteiger partial charge in [-0.05, 0) is 68.8 Å². The molecule has 0 aliphatic rings. The first-order valence-corrected chi connectivity index (χ1v) is 9.05. The monoisotopic (exact) mass is 371 g/mol. The maximum Gasteiger partial charge on any atom is 0.338 e. The number of amides is 1. The van der Waals surface area contributed by atoms with Crippen molar-refractivity contribution in [2.24, 2.45) is 0 Å². The first kappa shape index (κ1) is 20.3. The van der Waals surface area contributed by atoms with Crippen LogP contribution in [0.4, 0.5) is 5.69 Å². The van der Waals surface area contributed by atoms with E-state index < -0.39 is 0 Å². The fourth-order valence-electron chi connectivity index (χ4n) is 2.35. The molecular weight excluding hydrogens is 346 g/mol. The Morgan fingerprint density at radius 2 is 1.48 bits per heavy atom. The summed E-state index contributed by atoms with van der Waals surface area (Å²) in [7, 11) is 0. The third-order valence-electron chi connectivity index (χ3n) is 3.63. The van der Waals surface area contributed by atoms with E-state index in [1.54, 1.807) is 31.2 Å². The van der Waals surface area contributed by atoms with Crippen molar-refractivity contribution in [3.8, 4) is 11.5 Å². The van der Waals surface area contributed by atoms with E-state index in [9.17, 15) is 9.59 Å². The predicted octanol–water partition coefficient (Wildman–Crippen LogP) is 4.06. The van der Waals surface area contributed by atoms with Gasteiger partial charge in [0.15, 0.2) is 0 Å². The number of hydrogen-bond donors (Lipinski definition) is 1. The highest BCUT2D eigenvalue weighted by Gasteiger charge is 2.07. The van der Waals surface area contributed by atoms with Crippen molar-refractivity contribution in [1.29, 1.82) is 0 Å². The van der Waals surface area contributed by atoms with Crippen molar-refractivity contribution >= 4 is 17.6 Å².